The van der Waals surface area contributed by atoms with Crippen LogP contribution in [0.2, 0.25) is 0 Å². The molecule has 2 bridgehead atoms. The lowest BCUT2D eigenvalue weighted by molar-refractivity contribution is -0.152. The van der Waals surface area contributed by atoms with E-state index in [1.54, 1.807) is 18.3 Å². The molecule has 2 saturated heterocycles. The Labute approximate surface area is 112 Å². The summed E-state index contributed by atoms with van der Waals surface area (Å²) in [4.78, 5) is 21.3. The highest BCUT2D eigenvalue weighted by Crippen LogP contribution is 2.27. The molecule has 98 valence electrons. The number of pyridine rings is 1. The van der Waals surface area contributed by atoms with Gasteiger partial charge in [-0.25, -0.2) is 4.79 Å². The van der Waals surface area contributed by atoms with Gasteiger partial charge < -0.3 is 10.2 Å². The average molecular weight is 270 g/mol. The zero-order valence-corrected chi connectivity index (χ0v) is 10.7. The Morgan fingerprint density at radius 2 is 2.11 bits per heavy atom. The third kappa shape index (κ3) is 2.48. The molecule has 2 aliphatic heterocycles. The van der Waals surface area contributed by atoms with E-state index in [0.717, 1.165) is 25.9 Å². The SMILES string of the molecule is Cl.O=C(ON1C2CCC1CNC2)c1cccnc1. The van der Waals surface area contributed by atoms with Gasteiger partial charge in [-0.1, -0.05) is 0 Å². The Kier molecular flexibility index (Phi) is 4.16. The summed E-state index contributed by atoms with van der Waals surface area (Å²) in [5.74, 6) is -0.308. The first-order valence-electron chi connectivity index (χ1n) is 5.96. The Morgan fingerprint density at radius 1 is 1.39 bits per heavy atom. The lowest BCUT2D eigenvalue weighted by Crippen LogP contribution is -2.52. The fourth-order valence-corrected chi connectivity index (χ4v) is 2.52. The molecule has 6 heteroatoms. The number of hydrogen-bond acceptors (Lipinski definition) is 5. The number of carbonyl (C=O) groups is 1. The van der Waals surface area contributed by atoms with E-state index in [0.29, 0.717) is 17.6 Å². The van der Waals surface area contributed by atoms with E-state index in [9.17, 15) is 4.79 Å². The molecule has 0 spiro atoms. The smallest absolute Gasteiger partial charge is 0.358 e. The van der Waals surface area contributed by atoms with Crippen molar-refractivity contribution in [2.45, 2.75) is 24.9 Å². The monoisotopic (exact) mass is 269 g/mol. The third-order valence-corrected chi connectivity index (χ3v) is 3.40. The summed E-state index contributed by atoms with van der Waals surface area (Å²) in [5.41, 5.74) is 0.505. The molecule has 3 rings (SSSR count). The number of nitrogens with zero attached hydrogens (tertiary/aromatic N) is 2. The van der Waals surface area contributed by atoms with Crippen LogP contribution in [0.4, 0.5) is 0 Å². The molecule has 1 aromatic heterocycles. The molecule has 2 fully saturated rings. The van der Waals surface area contributed by atoms with Crippen LogP contribution in [0.3, 0.4) is 0 Å². The Balaban J connectivity index is 0.00000120. The average Bonchev–Trinajstić information content (AvgIpc) is 2.62. The molecule has 0 aliphatic carbocycles. The van der Waals surface area contributed by atoms with Gasteiger partial charge in [0.25, 0.3) is 0 Å². The van der Waals surface area contributed by atoms with Crippen molar-refractivity contribution in [3.05, 3.63) is 30.1 Å². The van der Waals surface area contributed by atoms with Gasteiger partial charge in [-0.3, -0.25) is 4.98 Å². The summed E-state index contributed by atoms with van der Waals surface area (Å²) in [6.07, 6.45) is 5.37. The quantitative estimate of drug-likeness (QED) is 0.869. The third-order valence-electron chi connectivity index (χ3n) is 3.40. The maximum Gasteiger partial charge on any atom is 0.358 e. The largest absolute Gasteiger partial charge is 0.363 e. The zero-order valence-electron chi connectivity index (χ0n) is 9.91. The van der Waals surface area contributed by atoms with Crippen LogP contribution < -0.4 is 5.32 Å². The van der Waals surface area contributed by atoms with Gasteiger partial charge in [0.1, 0.15) is 0 Å². The van der Waals surface area contributed by atoms with Crippen molar-refractivity contribution in [3.8, 4) is 0 Å². The number of halogens is 1. The minimum atomic E-state index is -0.308. The number of piperazine rings is 1. The number of aromatic nitrogens is 1. The van der Waals surface area contributed by atoms with Crippen molar-refractivity contribution in [2.24, 2.45) is 0 Å². The second-order valence-electron chi connectivity index (χ2n) is 4.52. The number of rotatable bonds is 2. The second-order valence-corrected chi connectivity index (χ2v) is 4.52. The highest BCUT2D eigenvalue weighted by atomic mass is 35.5. The van der Waals surface area contributed by atoms with Crippen LogP contribution in [0.15, 0.2) is 24.5 Å². The maximum absolute atomic E-state index is 11.9. The highest BCUT2D eigenvalue weighted by molar-refractivity contribution is 5.88. The van der Waals surface area contributed by atoms with Crippen molar-refractivity contribution < 1.29 is 9.63 Å². The molecule has 1 N–H and O–H groups in total. The molecule has 0 aromatic carbocycles. The van der Waals surface area contributed by atoms with Crippen LogP contribution >= 0.6 is 12.4 Å². The van der Waals surface area contributed by atoms with Crippen LogP contribution in [0.25, 0.3) is 0 Å². The molecule has 0 amide bonds. The van der Waals surface area contributed by atoms with Crippen molar-refractivity contribution in [3.63, 3.8) is 0 Å². The predicted molar refractivity (Wildman–Crippen MR) is 68.4 cm³/mol. The van der Waals surface area contributed by atoms with Crippen LogP contribution in [-0.4, -0.2) is 41.2 Å². The fraction of sp³-hybridized carbons (Fsp3) is 0.500. The number of hydrogen-bond donors (Lipinski definition) is 1. The Morgan fingerprint density at radius 3 is 2.72 bits per heavy atom. The van der Waals surface area contributed by atoms with E-state index in [2.05, 4.69) is 10.3 Å². The van der Waals surface area contributed by atoms with Crippen LogP contribution in [-0.2, 0) is 4.84 Å². The van der Waals surface area contributed by atoms with Crippen LogP contribution in [0, 0.1) is 0 Å². The number of fused-ring (bicyclic) bond motifs is 2. The van der Waals surface area contributed by atoms with Crippen LogP contribution in [0.1, 0.15) is 23.2 Å². The van der Waals surface area contributed by atoms with Gasteiger partial charge in [0.2, 0.25) is 0 Å². The first-order valence-corrected chi connectivity index (χ1v) is 5.96. The van der Waals surface area contributed by atoms with Crippen molar-refractivity contribution in [1.82, 2.24) is 15.4 Å². The zero-order chi connectivity index (χ0) is 11.7. The molecular formula is C12H16ClN3O2. The highest BCUT2D eigenvalue weighted by Gasteiger charge is 2.39. The summed E-state index contributed by atoms with van der Waals surface area (Å²) >= 11 is 0. The molecule has 3 heterocycles. The van der Waals surface area contributed by atoms with Crippen molar-refractivity contribution in [1.29, 1.82) is 0 Å². The van der Waals surface area contributed by atoms with Crippen molar-refractivity contribution >= 4 is 18.4 Å². The predicted octanol–water partition coefficient (Wildman–Crippen LogP) is 1.01. The minimum absolute atomic E-state index is 0. The van der Waals surface area contributed by atoms with Gasteiger partial charge in [0.05, 0.1) is 17.6 Å². The van der Waals surface area contributed by atoms with Crippen molar-refractivity contribution in [2.75, 3.05) is 13.1 Å². The topological polar surface area (TPSA) is 54.5 Å². The van der Waals surface area contributed by atoms with E-state index in [1.165, 1.54) is 6.20 Å². The van der Waals surface area contributed by atoms with Crippen LogP contribution in [0.5, 0.6) is 0 Å². The second kappa shape index (κ2) is 5.65. The van der Waals surface area contributed by atoms with E-state index in [-0.39, 0.29) is 18.4 Å². The summed E-state index contributed by atoms with van der Waals surface area (Å²) in [7, 11) is 0. The first-order chi connectivity index (χ1) is 8.34. The van der Waals surface area contributed by atoms with E-state index in [4.69, 9.17) is 4.84 Å². The molecular weight excluding hydrogens is 254 g/mol. The molecule has 5 nitrogen and oxygen atoms in total. The molecule has 2 aliphatic rings. The summed E-state index contributed by atoms with van der Waals surface area (Å²) in [5, 5.41) is 5.21. The van der Waals surface area contributed by atoms with Gasteiger partial charge in [-0.15, -0.1) is 17.5 Å². The molecule has 2 atom stereocenters. The normalized spacial score (nSPS) is 26.4. The number of nitrogens with one attached hydrogen (secondary N) is 1. The lowest BCUT2D eigenvalue weighted by Gasteiger charge is -2.33. The fourth-order valence-electron chi connectivity index (χ4n) is 2.52. The number of carbonyl (C=O) groups excluding carboxylic acids is 1. The maximum atomic E-state index is 11.9. The summed E-state index contributed by atoms with van der Waals surface area (Å²) in [6.45, 7) is 1.80. The minimum Gasteiger partial charge on any atom is -0.363 e. The Bertz CT molecular complexity index is 399. The van der Waals surface area contributed by atoms with Gasteiger partial charge in [0.15, 0.2) is 0 Å². The summed E-state index contributed by atoms with van der Waals surface area (Å²) < 4.78 is 0. The molecule has 1 aromatic rings. The number of hydroxylamine groups is 2. The van der Waals surface area contributed by atoms with Gasteiger partial charge >= 0.3 is 5.97 Å². The molecule has 0 radical (unpaired) electrons. The lowest BCUT2D eigenvalue weighted by atomic mass is 10.2. The molecule has 18 heavy (non-hydrogen) atoms. The first kappa shape index (κ1) is 13.3. The van der Waals surface area contributed by atoms with E-state index in [1.807, 2.05) is 5.06 Å². The van der Waals surface area contributed by atoms with Gasteiger partial charge in [0, 0.05) is 25.5 Å². The van der Waals surface area contributed by atoms with E-state index < -0.39 is 0 Å². The molecule has 2 unspecified atom stereocenters. The molecule has 0 saturated carbocycles. The standard InChI is InChI=1S/C12H15N3O2.ClH/c16-12(9-2-1-5-13-6-9)17-15-10-3-4-11(15)8-14-7-10;/h1-2,5-6,10-11,14H,3-4,7-8H2;1H. The Hall–Kier alpha value is -1.17. The van der Waals surface area contributed by atoms with E-state index >= 15 is 0 Å². The summed E-state index contributed by atoms with van der Waals surface area (Å²) in [6, 6.07) is 4.12. The van der Waals surface area contributed by atoms with Gasteiger partial charge in [-0.05, 0) is 25.0 Å². The van der Waals surface area contributed by atoms with Gasteiger partial charge in [-0.2, -0.15) is 0 Å².